The van der Waals surface area contributed by atoms with E-state index in [0.29, 0.717) is 41.0 Å². The smallest absolute Gasteiger partial charge is 0.291 e. The van der Waals surface area contributed by atoms with E-state index >= 15 is 0 Å². The minimum absolute atomic E-state index is 0.102. The van der Waals surface area contributed by atoms with Crippen LogP contribution in [0.3, 0.4) is 0 Å². The molecule has 0 atom stereocenters. The molecule has 9 nitrogen and oxygen atoms in total. The number of hydrogen-bond donors (Lipinski definition) is 1. The van der Waals surface area contributed by atoms with E-state index < -0.39 is 0 Å². The lowest BCUT2D eigenvalue weighted by Crippen LogP contribution is -2.39. The lowest BCUT2D eigenvalue weighted by Gasteiger charge is -2.32. The van der Waals surface area contributed by atoms with Gasteiger partial charge in [0.1, 0.15) is 10.9 Å². The summed E-state index contributed by atoms with van der Waals surface area (Å²) in [6.07, 6.45) is 4.83. The number of pyridine rings is 1. The normalized spacial score (nSPS) is 14.0. The van der Waals surface area contributed by atoms with Crippen LogP contribution in [0.1, 0.15) is 39.8 Å². The Morgan fingerprint density at radius 1 is 1.08 bits per heavy atom. The summed E-state index contributed by atoms with van der Waals surface area (Å²) < 4.78 is 12.7. The number of nitrogens with zero attached hydrogens (tertiary/aromatic N) is 4. The van der Waals surface area contributed by atoms with Crippen LogP contribution in [0.5, 0.6) is 5.88 Å². The quantitative estimate of drug-likeness (QED) is 0.320. The maximum Gasteiger partial charge on any atom is 0.291 e. The molecule has 1 aliphatic rings. The Bertz CT molecular complexity index is 1430. The number of furan rings is 1. The van der Waals surface area contributed by atoms with Crippen molar-refractivity contribution in [3.8, 4) is 17.2 Å². The van der Waals surface area contributed by atoms with Gasteiger partial charge in [-0.25, -0.2) is 4.98 Å². The van der Waals surface area contributed by atoms with Crippen LogP contribution in [0.25, 0.3) is 11.3 Å². The molecule has 1 fully saturated rings. The second kappa shape index (κ2) is 10.7. The molecule has 0 aliphatic carbocycles. The van der Waals surface area contributed by atoms with Gasteiger partial charge in [0.25, 0.3) is 11.8 Å². The minimum Gasteiger partial charge on any atom is -0.481 e. The number of methoxy groups -OCH3 is 1. The number of halogens is 2. The second-order valence-electron chi connectivity index (χ2n) is 8.58. The summed E-state index contributed by atoms with van der Waals surface area (Å²) in [6, 6.07) is 13.8. The summed E-state index contributed by atoms with van der Waals surface area (Å²) in [5, 5.41) is 8.08. The lowest BCUT2D eigenvalue weighted by molar-refractivity contribution is 0.0689. The first-order valence-electron chi connectivity index (χ1n) is 11.6. The van der Waals surface area contributed by atoms with Gasteiger partial charge in [-0.15, -0.1) is 0 Å². The number of carbonyl (C=O) groups is 2. The van der Waals surface area contributed by atoms with Crippen molar-refractivity contribution in [1.29, 1.82) is 0 Å². The topological polar surface area (TPSA) is 102 Å². The molecule has 4 aromatic rings. The molecule has 1 aromatic carbocycles. The predicted molar refractivity (Wildman–Crippen MR) is 139 cm³/mol. The van der Waals surface area contributed by atoms with Gasteiger partial charge in [-0.3, -0.25) is 14.3 Å². The highest BCUT2D eigenvalue weighted by Gasteiger charge is 2.26. The van der Waals surface area contributed by atoms with E-state index in [4.69, 9.17) is 32.4 Å². The Balaban J connectivity index is 1.18. The zero-order valence-electron chi connectivity index (χ0n) is 19.9. The SMILES string of the molecule is COc1cc(C(=O)N2CCC(n3cc(NC(=O)c4ccc(-c5ccc(Cl)cc5)o4)cn3)CC2)cc(Cl)n1. The summed E-state index contributed by atoms with van der Waals surface area (Å²) in [5.41, 5.74) is 1.83. The fourth-order valence-corrected chi connectivity index (χ4v) is 4.57. The van der Waals surface area contributed by atoms with Gasteiger partial charge in [0, 0.05) is 41.5 Å². The Hall–Kier alpha value is -3.82. The summed E-state index contributed by atoms with van der Waals surface area (Å²) in [5.74, 6) is 0.578. The molecule has 4 heterocycles. The molecule has 0 saturated carbocycles. The Morgan fingerprint density at radius 2 is 1.84 bits per heavy atom. The largest absolute Gasteiger partial charge is 0.481 e. The molecule has 3 aromatic heterocycles. The molecule has 1 aliphatic heterocycles. The van der Waals surface area contributed by atoms with E-state index in [1.807, 2.05) is 16.8 Å². The third-order valence-electron chi connectivity index (χ3n) is 6.17. The first-order chi connectivity index (χ1) is 17.9. The van der Waals surface area contributed by atoms with Crippen molar-refractivity contribution < 1.29 is 18.7 Å². The lowest BCUT2D eigenvalue weighted by atomic mass is 10.0. The van der Waals surface area contributed by atoms with Gasteiger partial charge >= 0.3 is 0 Å². The van der Waals surface area contributed by atoms with E-state index in [-0.39, 0.29) is 28.8 Å². The number of benzene rings is 1. The number of aromatic nitrogens is 3. The van der Waals surface area contributed by atoms with Gasteiger partial charge in [0.2, 0.25) is 5.88 Å². The summed E-state index contributed by atoms with van der Waals surface area (Å²) in [7, 11) is 1.48. The van der Waals surface area contributed by atoms with Crippen molar-refractivity contribution in [3.63, 3.8) is 0 Å². The van der Waals surface area contributed by atoms with Crippen molar-refractivity contribution in [2.24, 2.45) is 0 Å². The molecule has 11 heteroatoms. The maximum atomic E-state index is 12.9. The summed E-state index contributed by atoms with van der Waals surface area (Å²) >= 11 is 11.9. The zero-order chi connectivity index (χ0) is 25.9. The Morgan fingerprint density at radius 3 is 2.57 bits per heavy atom. The number of piperidine rings is 1. The summed E-state index contributed by atoms with van der Waals surface area (Å²) in [4.78, 5) is 31.4. The minimum atomic E-state index is -0.369. The van der Waals surface area contributed by atoms with Gasteiger partial charge in [0.15, 0.2) is 5.76 Å². The fourth-order valence-electron chi connectivity index (χ4n) is 4.24. The van der Waals surface area contributed by atoms with Crippen molar-refractivity contribution in [3.05, 3.63) is 82.4 Å². The van der Waals surface area contributed by atoms with Crippen LogP contribution in [-0.2, 0) is 0 Å². The average molecular weight is 540 g/mol. The molecule has 2 amide bonds. The van der Waals surface area contributed by atoms with Gasteiger partial charge < -0.3 is 19.4 Å². The fraction of sp³-hybridized carbons (Fsp3) is 0.231. The number of likely N-dealkylation sites (tertiary alicyclic amines) is 1. The van der Waals surface area contributed by atoms with Crippen LogP contribution in [0.4, 0.5) is 5.69 Å². The molecule has 0 unspecified atom stereocenters. The molecule has 0 radical (unpaired) electrons. The molecule has 37 heavy (non-hydrogen) atoms. The number of hydrogen-bond acceptors (Lipinski definition) is 6. The van der Waals surface area contributed by atoms with Crippen molar-refractivity contribution in [1.82, 2.24) is 19.7 Å². The molecule has 0 spiro atoms. The van der Waals surface area contributed by atoms with Gasteiger partial charge in [-0.1, -0.05) is 23.2 Å². The van der Waals surface area contributed by atoms with E-state index in [1.54, 1.807) is 53.7 Å². The molecule has 0 bridgehead atoms. The first kappa shape index (κ1) is 24.9. The standard InChI is InChI=1S/C26H23Cl2N5O4/c1-36-24-13-17(12-23(28)31-24)26(35)32-10-8-20(9-11-32)33-15-19(14-29-33)30-25(34)22-7-6-21(37-22)16-2-4-18(27)5-3-16/h2-7,12-15,20H,8-11H2,1H3,(H,30,34). The van der Waals surface area contributed by atoms with Crippen LogP contribution in [-0.4, -0.2) is 51.7 Å². The van der Waals surface area contributed by atoms with Gasteiger partial charge in [-0.05, 0) is 55.3 Å². The molecular formula is C26H23Cl2N5O4. The highest BCUT2D eigenvalue weighted by atomic mass is 35.5. The highest BCUT2D eigenvalue weighted by molar-refractivity contribution is 6.30. The van der Waals surface area contributed by atoms with E-state index in [1.165, 1.54) is 7.11 Å². The molecule has 5 rings (SSSR count). The van der Waals surface area contributed by atoms with E-state index in [2.05, 4.69) is 15.4 Å². The average Bonchev–Trinajstić information content (AvgIpc) is 3.59. The van der Waals surface area contributed by atoms with Gasteiger partial charge in [-0.2, -0.15) is 5.10 Å². The predicted octanol–water partition coefficient (Wildman–Crippen LogP) is 5.58. The third kappa shape index (κ3) is 5.63. The number of ether oxygens (including phenoxy) is 1. The molecule has 190 valence electrons. The Kier molecular flexibility index (Phi) is 7.16. The van der Waals surface area contributed by atoms with Crippen LogP contribution in [0.2, 0.25) is 10.2 Å². The maximum absolute atomic E-state index is 12.9. The number of carbonyl (C=O) groups excluding carboxylic acids is 2. The van der Waals surface area contributed by atoms with Gasteiger partial charge in [0.05, 0.1) is 25.0 Å². The number of nitrogens with one attached hydrogen (secondary N) is 1. The highest BCUT2D eigenvalue weighted by Crippen LogP contribution is 2.27. The molecule has 1 N–H and O–H groups in total. The van der Waals surface area contributed by atoms with Crippen LogP contribution in [0, 0.1) is 0 Å². The number of anilines is 1. The zero-order valence-corrected chi connectivity index (χ0v) is 21.4. The van der Waals surface area contributed by atoms with Crippen molar-refractivity contribution >= 4 is 40.7 Å². The Labute approximate surface area is 222 Å². The van der Waals surface area contributed by atoms with Crippen LogP contribution < -0.4 is 10.1 Å². The molecule has 1 saturated heterocycles. The monoisotopic (exact) mass is 539 g/mol. The third-order valence-corrected chi connectivity index (χ3v) is 6.62. The van der Waals surface area contributed by atoms with Crippen molar-refractivity contribution in [2.75, 3.05) is 25.5 Å². The number of amides is 2. The van der Waals surface area contributed by atoms with Crippen LogP contribution in [0.15, 0.2) is 65.3 Å². The summed E-state index contributed by atoms with van der Waals surface area (Å²) in [6.45, 7) is 1.13. The first-order valence-corrected chi connectivity index (χ1v) is 12.4. The molecular weight excluding hydrogens is 517 g/mol. The van der Waals surface area contributed by atoms with E-state index in [9.17, 15) is 9.59 Å². The van der Waals surface area contributed by atoms with E-state index in [0.717, 1.165) is 18.4 Å². The second-order valence-corrected chi connectivity index (χ2v) is 9.40. The van der Waals surface area contributed by atoms with Crippen molar-refractivity contribution in [2.45, 2.75) is 18.9 Å². The van der Waals surface area contributed by atoms with Crippen LogP contribution >= 0.6 is 23.2 Å². The number of rotatable bonds is 6.